The molecule has 2 aromatic rings. The van der Waals surface area contributed by atoms with E-state index in [-0.39, 0.29) is 5.69 Å². The predicted molar refractivity (Wildman–Crippen MR) is 58.8 cm³/mol. The summed E-state index contributed by atoms with van der Waals surface area (Å²) >= 11 is 0. The van der Waals surface area contributed by atoms with Crippen molar-refractivity contribution in [1.82, 2.24) is 9.97 Å². The van der Waals surface area contributed by atoms with Gasteiger partial charge in [0.1, 0.15) is 0 Å². The van der Waals surface area contributed by atoms with Crippen LogP contribution >= 0.6 is 0 Å². The van der Waals surface area contributed by atoms with Crippen LogP contribution < -0.4 is 5.69 Å². The van der Waals surface area contributed by atoms with Crippen LogP contribution in [-0.2, 0) is 0 Å². The zero-order valence-corrected chi connectivity index (χ0v) is 8.58. The van der Waals surface area contributed by atoms with Crippen LogP contribution in [0.3, 0.4) is 0 Å². The minimum Gasteiger partial charge on any atom is -0.388 e. The Morgan fingerprint density at radius 3 is 2.80 bits per heavy atom. The first-order valence-corrected chi connectivity index (χ1v) is 5.10. The molecule has 80 valence electrons. The van der Waals surface area contributed by atoms with Crippen LogP contribution in [0, 0.1) is 0 Å². The zero-order valence-electron chi connectivity index (χ0n) is 8.58. The zero-order chi connectivity index (χ0) is 10.8. The van der Waals surface area contributed by atoms with Crippen LogP contribution in [0.5, 0.6) is 0 Å². The van der Waals surface area contributed by atoms with Gasteiger partial charge in [0.2, 0.25) is 0 Å². The Morgan fingerprint density at radius 2 is 2.07 bits per heavy atom. The predicted octanol–water partition coefficient (Wildman–Crippen LogP) is 1.69. The fourth-order valence-electron chi connectivity index (χ4n) is 1.70. The van der Waals surface area contributed by atoms with Crippen molar-refractivity contribution in [3.05, 3.63) is 34.2 Å². The third-order valence-corrected chi connectivity index (χ3v) is 2.49. The van der Waals surface area contributed by atoms with E-state index >= 15 is 0 Å². The molecule has 1 aromatic heterocycles. The van der Waals surface area contributed by atoms with Crippen LogP contribution in [0.2, 0.25) is 0 Å². The first kappa shape index (κ1) is 9.98. The van der Waals surface area contributed by atoms with Gasteiger partial charge in [-0.3, -0.25) is 0 Å². The molecule has 0 radical (unpaired) electrons. The Hall–Kier alpha value is -1.55. The summed E-state index contributed by atoms with van der Waals surface area (Å²) in [4.78, 5) is 16.4. The molecule has 4 nitrogen and oxygen atoms in total. The van der Waals surface area contributed by atoms with Crippen molar-refractivity contribution < 1.29 is 5.11 Å². The summed E-state index contributed by atoms with van der Waals surface area (Å²) in [6.07, 6.45) is 1.22. The number of aliphatic hydroxyl groups is 1. The van der Waals surface area contributed by atoms with Gasteiger partial charge in [0.05, 0.1) is 17.1 Å². The summed E-state index contributed by atoms with van der Waals surface area (Å²) in [7, 11) is 0. The molecule has 1 aromatic carbocycles. The Bertz CT molecular complexity index is 513. The molecule has 15 heavy (non-hydrogen) atoms. The number of aromatic nitrogens is 2. The molecular formula is C11H14N2O2. The minimum atomic E-state index is -0.446. The second-order valence-electron chi connectivity index (χ2n) is 3.69. The van der Waals surface area contributed by atoms with Gasteiger partial charge in [-0.25, -0.2) is 4.79 Å². The highest BCUT2D eigenvalue weighted by Crippen LogP contribution is 2.20. The average molecular weight is 206 g/mol. The van der Waals surface area contributed by atoms with Gasteiger partial charge in [-0.2, -0.15) is 0 Å². The summed E-state index contributed by atoms with van der Waals surface area (Å²) < 4.78 is 0. The molecule has 3 N–H and O–H groups in total. The third-order valence-electron chi connectivity index (χ3n) is 2.49. The molecule has 0 aliphatic rings. The monoisotopic (exact) mass is 206 g/mol. The quantitative estimate of drug-likeness (QED) is 0.715. The number of fused-ring (bicyclic) bond motifs is 1. The van der Waals surface area contributed by atoms with Gasteiger partial charge in [0, 0.05) is 0 Å². The van der Waals surface area contributed by atoms with E-state index in [4.69, 9.17) is 0 Å². The number of H-pyrrole nitrogens is 2. The minimum absolute atomic E-state index is 0.216. The van der Waals surface area contributed by atoms with Crippen molar-refractivity contribution in [2.75, 3.05) is 0 Å². The van der Waals surface area contributed by atoms with Crippen LogP contribution in [-0.4, -0.2) is 15.1 Å². The summed E-state index contributed by atoms with van der Waals surface area (Å²) in [5.74, 6) is 0. The van der Waals surface area contributed by atoms with Crippen molar-refractivity contribution in [2.24, 2.45) is 0 Å². The average Bonchev–Trinajstić information content (AvgIpc) is 2.57. The first-order chi connectivity index (χ1) is 7.20. The molecule has 0 saturated heterocycles. The number of hydrogen-bond acceptors (Lipinski definition) is 2. The largest absolute Gasteiger partial charge is 0.388 e. The van der Waals surface area contributed by atoms with Crippen molar-refractivity contribution in [2.45, 2.75) is 25.9 Å². The molecule has 0 fully saturated rings. The van der Waals surface area contributed by atoms with E-state index in [1.807, 2.05) is 19.1 Å². The van der Waals surface area contributed by atoms with Crippen LogP contribution in [0.4, 0.5) is 0 Å². The van der Waals surface area contributed by atoms with E-state index in [0.29, 0.717) is 0 Å². The van der Waals surface area contributed by atoms with Gasteiger partial charge < -0.3 is 15.1 Å². The highest BCUT2D eigenvalue weighted by molar-refractivity contribution is 5.75. The summed E-state index contributed by atoms with van der Waals surface area (Å²) in [5, 5.41) is 9.78. The van der Waals surface area contributed by atoms with Gasteiger partial charge in [0.15, 0.2) is 0 Å². The van der Waals surface area contributed by atoms with Gasteiger partial charge in [0.25, 0.3) is 0 Å². The van der Waals surface area contributed by atoms with Gasteiger partial charge in [-0.1, -0.05) is 19.4 Å². The SMILES string of the molecule is CCCC(O)c1ccc2[nH]c(=O)[nH]c2c1. The van der Waals surface area contributed by atoms with Gasteiger partial charge in [-0.15, -0.1) is 0 Å². The molecule has 2 rings (SSSR count). The Morgan fingerprint density at radius 1 is 1.33 bits per heavy atom. The number of rotatable bonds is 3. The van der Waals surface area contributed by atoms with Crippen molar-refractivity contribution in [3.8, 4) is 0 Å². The number of imidazole rings is 1. The standard InChI is InChI=1S/C11H14N2O2/c1-2-3-10(14)7-4-5-8-9(6-7)13-11(15)12-8/h4-6,10,14H,2-3H2,1H3,(H2,12,13,15). The van der Waals surface area contributed by atoms with E-state index in [1.165, 1.54) is 0 Å². The molecule has 1 atom stereocenters. The van der Waals surface area contributed by atoms with E-state index in [0.717, 1.165) is 29.4 Å². The summed E-state index contributed by atoms with van der Waals surface area (Å²) in [5.41, 5.74) is 2.15. The van der Waals surface area contributed by atoms with Gasteiger partial charge >= 0.3 is 5.69 Å². The molecule has 4 heteroatoms. The molecular weight excluding hydrogens is 192 g/mol. The summed E-state index contributed by atoms with van der Waals surface area (Å²) in [6.45, 7) is 2.03. The van der Waals surface area contributed by atoms with Crippen molar-refractivity contribution in [1.29, 1.82) is 0 Å². The van der Waals surface area contributed by atoms with Crippen LogP contribution in [0.1, 0.15) is 31.4 Å². The highest BCUT2D eigenvalue weighted by Gasteiger charge is 2.07. The molecule has 0 spiro atoms. The fraction of sp³-hybridized carbons (Fsp3) is 0.364. The van der Waals surface area contributed by atoms with E-state index in [2.05, 4.69) is 9.97 Å². The number of nitrogens with one attached hydrogen (secondary N) is 2. The second-order valence-corrected chi connectivity index (χ2v) is 3.69. The Kier molecular flexibility index (Phi) is 2.60. The smallest absolute Gasteiger partial charge is 0.323 e. The Balaban J connectivity index is 2.41. The number of benzene rings is 1. The van der Waals surface area contributed by atoms with E-state index in [1.54, 1.807) is 6.07 Å². The Labute approximate surface area is 87.0 Å². The number of aromatic amines is 2. The lowest BCUT2D eigenvalue weighted by molar-refractivity contribution is 0.166. The fourth-order valence-corrected chi connectivity index (χ4v) is 1.70. The lowest BCUT2D eigenvalue weighted by atomic mass is 10.0. The normalized spacial score (nSPS) is 13.2. The van der Waals surface area contributed by atoms with E-state index < -0.39 is 6.10 Å². The summed E-state index contributed by atoms with van der Waals surface area (Å²) in [6, 6.07) is 5.46. The molecule has 1 heterocycles. The highest BCUT2D eigenvalue weighted by atomic mass is 16.3. The molecule has 0 aliphatic heterocycles. The molecule has 0 saturated carbocycles. The molecule has 0 bridgehead atoms. The first-order valence-electron chi connectivity index (χ1n) is 5.10. The molecule has 0 amide bonds. The second kappa shape index (κ2) is 3.90. The van der Waals surface area contributed by atoms with Crippen LogP contribution in [0.15, 0.2) is 23.0 Å². The number of hydrogen-bond donors (Lipinski definition) is 3. The maximum atomic E-state index is 11.0. The third kappa shape index (κ3) is 1.94. The van der Waals surface area contributed by atoms with Crippen molar-refractivity contribution in [3.63, 3.8) is 0 Å². The van der Waals surface area contributed by atoms with Crippen LogP contribution in [0.25, 0.3) is 11.0 Å². The molecule has 0 aliphatic carbocycles. The lowest BCUT2D eigenvalue weighted by Gasteiger charge is -2.08. The molecule has 1 unspecified atom stereocenters. The van der Waals surface area contributed by atoms with E-state index in [9.17, 15) is 9.90 Å². The maximum absolute atomic E-state index is 11.0. The van der Waals surface area contributed by atoms with Gasteiger partial charge in [-0.05, 0) is 24.1 Å². The maximum Gasteiger partial charge on any atom is 0.323 e. The van der Waals surface area contributed by atoms with Crippen molar-refractivity contribution >= 4 is 11.0 Å². The lowest BCUT2D eigenvalue weighted by Crippen LogP contribution is -1.99. The topological polar surface area (TPSA) is 68.9 Å². The number of aliphatic hydroxyl groups excluding tert-OH is 1.